The Morgan fingerprint density at radius 3 is 2.53 bits per heavy atom. The van der Waals surface area contributed by atoms with Crippen LogP contribution in [0.1, 0.15) is 13.8 Å². The quantitative estimate of drug-likeness (QED) is 0.623. The molecule has 0 radical (unpaired) electrons. The summed E-state index contributed by atoms with van der Waals surface area (Å²) in [5.74, 6) is 0.251. The fourth-order valence-electron chi connectivity index (χ4n) is 1.25. The van der Waals surface area contributed by atoms with Crippen molar-refractivity contribution in [1.82, 2.24) is 4.72 Å². The predicted molar refractivity (Wildman–Crippen MR) is 79.3 cm³/mol. The molecular weight excluding hydrogens is 373 g/mol. The lowest BCUT2D eigenvalue weighted by atomic mass is 10.1. The van der Waals surface area contributed by atoms with Gasteiger partial charge in [-0.05, 0) is 24.1 Å². The summed E-state index contributed by atoms with van der Waals surface area (Å²) in [6.07, 6.45) is 0. The van der Waals surface area contributed by atoms with Gasteiger partial charge in [0.15, 0.2) is 0 Å². The topological polar surface area (TPSA) is 46.2 Å². The number of rotatable bonds is 5. The highest BCUT2D eigenvalue weighted by Crippen LogP contribution is 2.17. The van der Waals surface area contributed by atoms with Gasteiger partial charge in [0.25, 0.3) is 0 Å². The van der Waals surface area contributed by atoms with Crippen molar-refractivity contribution in [2.24, 2.45) is 5.92 Å². The third-order valence-electron chi connectivity index (χ3n) is 2.38. The van der Waals surface area contributed by atoms with Crippen molar-refractivity contribution in [2.45, 2.75) is 24.8 Å². The summed E-state index contributed by atoms with van der Waals surface area (Å²) in [6.45, 7) is 3.98. The van der Waals surface area contributed by atoms with Gasteiger partial charge in [0.2, 0.25) is 10.0 Å². The zero-order valence-electron chi connectivity index (χ0n) is 9.65. The predicted octanol–water partition coefficient (Wildman–Crippen LogP) is 3.08. The molecule has 0 aliphatic carbocycles. The summed E-state index contributed by atoms with van der Waals surface area (Å²) in [6, 6.07) is 6.21. The second-order valence-corrected chi connectivity index (χ2v) is 7.11. The van der Waals surface area contributed by atoms with E-state index in [1.807, 2.05) is 13.8 Å². The van der Waals surface area contributed by atoms with Crippen molar-refractivity contribution >= 4 is 44.2 Å². The van der Waals surface area contributed by atoms with Crippen LogP contribution >= 0.6 is 34.2 Å². The molecule has 96 valence electrons. The molecule has 0 bridgehead atoms. The Kier molecular flexibility index (Phi) is 5.69. The zero-order chi connectivity index (χ0) is 13.1. The van der Waals surface area contributed by atoms with E-state index in [2.05, 4.69) is 27.3 Å². The molecule has 0 saturated heterocycles. The maximum Gasteiger partial charge on any atom is 0.240 e. The minimum Gasteiger partial charge on any atom is -0.207 e. The van der Waals surface area contributed by atoms with E-state index in [4.69, 9.17) is 11.6 Å². The minimum absolute atomic E-state index is 0.0698. The van der Waals surface area contributed by atoms with Gasteiger partial charge in [-0.1, -0.05) is 54.1 Å². The molecule has 0 aliphatic heterocycles. The maximum atomic E-state index is 12.1. The highest BCUT2D eigenvalue weighted by Gasteiger charge is 2.21. The number of benzene rings is 1. The first-order valence-corrected chi connectivity index (χ1v) is 8.59. The highest BCUT2D eigenvalue weighted by atomic mass is 127. The largest absolute Gasteiger partial charge is 0.240 e. The van der Waals surface area contributed by atoms with Crippen LogP contribution in [0.15, 0.2) is 29.2 Å². The molecule has 0 heterocycles. The molecule has 0 aliphatic rings. The number of hydrogen-bond donors (Lipinski definition) is 1. The van der Waals surface area contributed by atoms with Gasteiger partial charge < -0.3 is 0 Å². The zero-order valence-corrected chi connectivity index (χ0v) is 13.4. The van der Waals surface area contributed by atoms with Gasteiger partial charge in [0.05, 0.1) is 4.90 Å². The van der Waals surface area contributed by atoms with Crippen molar-refractivity contribution in [3.05, 3.63) is 29.3 Å². The molecule has 1 rings (SSSR count). The van der Waals surface area contributed by atoms with Crippen molar-refractivity contribution in [1.29, 1.82) is 0 Å². The number of halogens is 2. The standard InChI is InChI=1S/C11H15ClINO2S/c1-8(2)11(7-13)14-17(15,16)10-5-3-4-9(12)6-10/h3-6,8,11,14H,7H2,1-2H3. The fraction of sp³-hybridized carbons (Fsp3) is 0.455. The summed E-state index contributed by atoms with van der Waals surface area (Å²) < 4.78 is 27.6. The monoisotopic (exact) mass is 387 g/mol. The molecule has 0 amide bonds. The molecule has 6 heteroatoms. The molecule has 0 spiro atoms. The average molecular weight is 388 g/mol. The molecular formula is C11H15ClINO2S. The maximum absolute atomic E-state index is 12.1. The van der Waals surface area contributed by atoms with Crippen molar-refractivity contribution in [2.75, 3.05) is 4.43 Å². The lowest BCUT2D eigenvalue weighted by Crippen LogP contribution is -2.39. The van der Waals surface area contributed by atoms with Gasteiger partial charge in [0.1, 0.15) is 0 Å². The molecule has 17 heavy (non-hydrogen) atoms. The van der Waals surface area contributed by atoms with Crippen LogP contribution in [0.25, 0.3) is 0 Å². The highest BCUT2D eigenvalue weighted by molar-refractivity contribution is 14.1. The number of sulfonamides is 1. The average Bonchev–Trinajstić information content (AvgIpc) is 2.25. The normalized spacial score (nSPS) is 13.9. The first-order chi connectivity index (χ1) is 7.86. The lowest BCUT2D eigenvalue weighted by Gasteiger charge is -2.19. The van der Waals surface area contributed by atoms with Crippen LogP contribution in [-0.2, 0) is 10.0 Å². The minimum atomic E-state index is -3.48. The first-order valence-electron chi connectivity index (χ1n) is 5.20. The fourth-order valence-corrected chi connectivity index (χ4v) is 4.47. The van der Waals surface area contributed by atoms with Crippen LogP contribution < -0.4 is 4.72 Å². The third-order valence-corrected chi connectivity index (χ3v) is 5.06. The Morgan fingerprint density at radius 2 is 2.06 bits per heavy atom. The molecule has 0 aromatic heterocycles. The molecule has 1 atom stereocenters. The molecule has 1 aromatic carbocycles. The second-order valence-electron chi connectivity index (χ2n) is 4.08. The Labute approximate surface area is 121 Å². The number of alkyl halides is 1. The van der Waals surface area contributed by atoms with Gasteiger partial charge in [0, 0.05) is 15.5 Å². The Bertz CT molecular complexity index is 476. The van der Waals surface area contributed by atoms with E-state index in [-0.39, 0.29) is 16.9 Å². The summed E-state index contributed by atoms with van der Waals surface area (Å²) in [4.78, 5) is 0.209. The van der Waals surface area contributed by atoms with Crippen molar-refractivity contribution in [3.8, 4) is 0 Å². The number of nitrogens with one attached hydrogen (secondary N) is 1. The van der Waals surface area contributed by atoms with Gasteiger partial charge in [-0.3, -0.25) is 0 Å². The smallest absolute Gasteiger partial charge is 0.207 e. The summed E-state index contributed by atoms with van der Waals surface area (Å²) in [7, 11) is -3.48. The van der Waals surface area contributed by atoms with Crippen LogP contribution in [0.5, 0.6) is 0 Å². The Morgan fingerprint density at radius 1 is 1.41 bits per heavy atom. The molecule has 1 N–H and O–H groups in total. The van der Waals surface area contributed by atoms with Crippen LogP contribution in [-0.4, -0.2) is 18.9 Å². The van der Waals surface area contributed by atoms with E-state index in [1.165, 1.54) is 6.07 Å². The first kappa shape index (κ1) is 15.2. The van der Waals surface area contributed by atoms with E-state index in [0.717, 1.165) is 4.43 Å². The molecule has 1 unspecified atom stereocenters. The van der Waals surface area contributed by atoms with Crippen molar-refractivity contribution < 1.29 is 8.42 Å². The summed E-state index contributed by atoms with van der Waals surface area (Å²) in [5, 5.41) is 0.420. The van der Waals surface area contributed by atoms with Crippen LogP contribution in [0, 0.1) is 5.92 Å². The van der Waals surface area contributed by atoms with E-state index in [9.17, 15) is 8.42 Å². The SMILES string of the molecule is CC(C)C(CI)NS(=O)(=O)c1cccc(Cl)c1. The summed E-state index contributed by atoms with van der Waals surface area (Å²) >= 11 is 7.97. The molecule has 0 saturated carbocycles. The summed E-state index contributed by atoms with van der Waals surface area (Å²) in [5.41, 5.74) is 0. The Hall–Kier alpha value is 0.150. The molecule has 1 aromatic rings. The second kappa shape index (κ2) is 6.36. The van der Waals surface area contributed by atoms with E-state index in [0.29, 0.717) is 5.02 Å². The van der Waals surface area contributed by atoms with Gasteiger partial charge >= 0.3 is 0 Å². The van der Waals surface area contributed by atoms with Crippen LogP contribution in [0.4, 0.5) is 0 Å². The van der Waals surface area contributed by atoms with Gasteiger partial charge in [-0.15, -0.1) is 0 Å². The van der Waals surface area contributed by atoms with E-state index >= 15 is 0 Å². The Balaban J connectivity index is 2.96. The third kappa shape index (κ3) is 4.39. The van der Waals surface area contributed by atoms with E-state index in [1.54, 1.807) is 18.2 Å². The van der Waals surface area contributed by atoms with Gasteiger partial charge in [-0.25, -0.2) is 13.1 Å². The van der Waals surface area contributed by atoms with Crippen LogP contribution in [0.2, 0.25) is 5.02 Å². The molecule has 0 fully saturated rings. The number of hydrogen-bond acceptors (Lipinski definition) is 2. The van der Waals surface area contributed by atoms with Gasteiger partial charge in [-0.2, -0.15) is 0 Å². The lowest BCUT2D eigenvalue weighted by molar-refractivity contribution is 0.486. The van der Waals surface area contributed by atoms with E-state index < -0.39 is 10.0 Å². The van der Waals surface area contributed by atoms with Crippen molar-refractivity contribution in [3.63, 3.8) is 0 Å². The van der Waals surface area contributed by atoms with Crippen LogP contribution in [0.3, 0.4) is 0 Å². The molecule has 3 nitrogen and oxygen atoms in total.